The van der Waals surface area contributed by atoms with E-state index < -0.39 is 0 Å². The molecule has 1 amide bonds. The summed E-state index contributed by atoms with van der Waals surface area (Å²) in [5.41, 5.74) is 3.78. The second-order valence-corrected chi connectivity index (χ2v) is 8.61. The quantitative estimate of drug-likeness (QED) is 0.753. The zero-order valence-corrected chi connectivity index (χ0v) is 16.9. The number of aryl methyl sites for hydroxylation is 1. The van der Waals surface area contributed by atoms with Crippen molar-refractivity contribution < 1.29 is 4.79 Å². The Balaban J connectivity index is 1.43. The van der Waals surface area contributed by atoms with E-state index in [1.807, 2.05) is 6.92 Å². The van der Waals surface area contributed by atoms with Crippen LogP contribution in [0.4, 0.5) is 0 Å². The first-order valence-corrected chi connectivity index (χ1v) is 10.4. The highest BCUT2D eigenvalue weighted by molar-refractivity contribution is 7.13. The minimum atomic E-state index is 0.0268. The Bertz CT molecular complexity index is 753. The lowest BCUT2D eigenvalue weighted by Crippen LogP contribution is -2.33. The van der Waals surface area contributed by atoms with Gasteiger partial charge in [0.2, 0.25) is 0 Å². The van der Waals surface area contributed by atoms with Crippen molar-refractivity contribution in [2.45, 2.75) is 46.6 Å². The number of carbonyl (C=O) groups excluding carboxylic acids is 1. The Labute approximate surface area is 160 Å². The van der Waals surface area contributed by atoms with Gasteiger partial charge in [0.25, 0.3) is 5.91 Å². The van der Waals surface area contributed by atoms with Crippen LogP contribution in [0.5, 0.6) is 0 Å². The molecular formula is C21H29N3OS. The van der Waals surface area contributed by atoms with Gasteiger partial charge in [0.1, 0.15) is 4.88 Å². The van der Waals surface area contributed by atoms with Crippen LogP contribution in [-0.2, 0) is 19.4 Å². The molecule has 2 aromatic rings. The van der Waals surface area contributed by atoms with Crippen LogP contribution in [0.2, 0.25) is 0 Å². The summed E-state index contributed by atoms with van der Waals surface area (Å²) in [6, 6.07) is 8.70. The fourth-order valence-corrected chi connectivity index (χ4v) is 4.62. The van der Waals surface area contributed by atoms with Gasteiger partial charge in [-0.1, -0.05) is 38.1 Å². The average molecular weight is 372 g/mol. The zero-order valence-electron chi connectivity index (χ0n) is 16.0. The van der Waals surface area contributed by atoms with Crippen LogP contribution in [0, 0.1) is 12.8 Å². The molecule has 0 saturated heterocycles. The summed E-state index contributed by atoms with van der Waals surface area (Å²) < 4.78 is 0. The van der Waals surface area contributed by atoms with Gasteiger partial charge in [0.15, 0.2) is 0 Å². The second-order valence-electron chi connectivity index (χ2n) is 7.52. The molecule has 26 heavy (non-hydrogen) atoms. The van der Waals surface area contributed by atoms with Crippen LogP contribution in [0.25, 0.3) is 0 Å². The number of benzene rings is 1. The number of amides is 1. The number of aromatic nitrogens is 1. The first-order valence-electron chi connectivity index (χ1n) is 9.56. The molecule has 1 aromatic carbocycles. The summed E-state index contributed by atoms with van der Waals surface area (Å²) in [6.45, 7) is 10.2. The highest BCUT2D eigenvalue weighted by atomic mass is 32.1. The molecule has 0 aliphatic carbocycles. The van der Waals surface area contributed by atoms with E-state index in [2.05, 4.69) is 53.3 Å². The third-order valence-electron chi connectivity index (χ3n) is 4.78. The third kappa shape index (κ3) is 4.92. The molecule has 1 N–H and O–H groups in total. The molecule has 4 nitrogen and oxygen atoms in total. The fraction of sp³-hybridized carbons (Fsp3) is 0.524. The summed E-state index contributed by atoms with van der Waals surface area (Å²) in [5.74, 6) is 0.588. The van der Waals surface area contributed by atoms with Gasteiger partial charge in [-0.25, -0.2) is 4.98 Å². The van der Waals surface area contributed by atoms with Crippen LogP contribution >= 0.6 is 11.3 Å². The van der Waals surface area contributed by atoms with Gasteiger partial charge in [-0.05, 0) is 36.8 Å². The predicted octanol–water partition coefficient (Wildman–Crippen LogP) is 3.83. The van der Waals surface area contributed by atoms with Gasteiger partial charge in [-0.2, -0.15) is 0 Å². The van der Waals surface area contributed by atoms with Crippen molar-refractivity contribution in [2.75, 3.05) is 19.6 Å². The Morgan fingerprint density at radius 1 is 1.31 bits per heavy atom. The van der Waals surface area contributed by atoms with Gasteiger partial charge in [-0.15, -0.1) is 11.3 Å². The molecule has 3 rings (SSSR count). The van der Waals surface area contributed by atoms with Crippen molar-refractivity contribution in [3.8, 4) is 0 Å². The molecule has 0 fully saturated rings. The van der Waals surface area contributed by atoms with Crippen molar-refractivity contribution in [3.63, 3.8) is 0 Å². The van der Waals surface area contributed by atoms with Crippen molar-refractivity contribution in [3.05, 3.63) is 51.0 Å². The molecule has 1 aromatic heterocycles. The molecular weight excluding hydrogens is 342 g/mol. The van der Waals surface area contributed by atoms with Gasteiger partial charge in [-0.3, -0.25) is 9.69 Å². The van der Waals surface area contributed by atoms with E-state index >= 15 is 0 Å². The van der Waals surface area contributed by atoms with Crippen molar-refractivity contribution in [1.82, 2.24) is 15.2 Å². The number of rotatable bonds is 7. The number of nitrogens with zero attached hydrogens (tertiary/aromatic N) is 2. The zero-order chi connectivity index (χ0) is 18.5. The monoisotopic (exact) mass is 371 g/mol. The Hall–Kier alpha value is -1.72. The molecule has 0 spiro atoms. The summed E-state index contributed by atoms with van der Waals surface area (Å²) in [4.78, 5) is 20.2. The number of thiazole rings is 1. The van der Waals surface area contributed by atoms with Crippen LogP contribution in [0.3, 0.4) is 0 Å². The maximum atomic E-state index is 12.4. The highest BCUT2D eigenvalue weighted by Gasteiger charge is 2.17. The standard InChI is InChI=1S/C21H29N3OS/c1-15(2)13-19-23-16(3)20(26-19)21(25)22-10-6-11-24-12-9-17-7-4-5-8-18(17)14-24/h4-5,7-8,15H,6,9-14H2,1-3H3,(H,22,25). The van der Waals surface area contributed by atoms with E-state index in [9.17, 15) is 4.79 Å². The number of nitrogens with one attached hydrogen (secondary N) is 1. The molecule has 2 heterocycles. The number of carbonyl (C=O) groups is 1. The Kier molecular flexibility index (Phi) is 6.43. The van der Waals surface area contributed by atoms with Crippen molar-refractivity contribution in [2.24, 2.45) is 5.92 Å². The van der Waals surface area contributed by atoms with Gasteiger partial charge < -0.3 is 5.32 Å². The Morgan fingerprint density at radius 3 is 2.85 bits per heavy atom. The molecule has 0 atom stereocenters. The van der Waals surface area contributed by atoms with E-state index in [0.717, 1.165) is 54.5 Å². The van der Waals surface area contributed by atoms with E-state index in [0.29, 0.717) is 12.5 Å². The number of hydrogen-bond donors (Lipinski definition) is 1. The summed E-state index contributed by atoms with van der Waals surface area (Å²) in [7, 11) is 0. The van der Waals surface area contributed by atoms with E-state index in [-0.39, 0.29) is 5.91 Å². The molecule has 0 radical (unpaired) electrons. The maximum absolute atomic E-state index is 12.4. The largest absolute Gasteiger partial charge is 0.351 e. The first-order chi connectivity index (χ1) is 12.5. The third-order valence-corrected chi connectivity index (χ3v) is 5.95. The fourth-order valence-electron chi connectivity index (χ4n) is 3.43. The molecule has 0 unspecified atom stereocenters. The van der Waals surface area contributed by atoms with Crippen LogP contribution in [-0.4, -0.2) is 35.4 Å². The van der Waals surface area contributed by atoms with E-state index in [1.165, 1.54) is 11.1 Å². The molecule has 0 bridgehead atoms. The van der Waals surface area contributed by atoms with Crippen molar-refractivity contribution in [1.29, 1.82) is 0 Å². The topological polar surface area (TPSA) is 45.2 Å². The summed E-state index contributed by atoms with van der Waals surface area (Å²) in [5, 5.41) is 4.13. The molecule has 1 aliphatic rings. The minimum Gasteiger partial charge on any atom is -0.351 e. The predicted molar refractivity (Wildman–Crippen MR) is 108 cm³/mol. The summed E-state index contributed by atoms with van der Waals surface area (Å²) in [6.07, 6.45) is 3.04. The minimum absolute atomic E-state index is 0.0268. The smallest absolute Gasteiger partial charge is 0.263 e. The molecule has 1 aliphatic heterocycles. The van der Waals surface area contributed by atoms with Crippen LogP contribution in [0.1, 0.15) is 51.8 Å². The van der Waals surface area contributed by atoms with Gasteiger partial charge in [0, 0.05) is 32.6 Å². The normalized spacial score (nSPS) is 14.5. The lowest BCUT2D eigenvalue weighted by atomic mass is 10.00. The lowest BCUT2D eigenvalue weighted by Gasteiger charge is -2.28. The first kappa shape index (κ1) is 19.1. The second kappa shape index (κ2) is 8.78. The average Bonchev–Trinajstić information content (AvgIpc) is 2.98. The van der Waals surface area contributed by atoms with Gasteiger partial charge >= 0.3 is 0 Å². The molecule has 0 saturated carbocycles. The number of fused-ring (bicyclic) bond motifs is 1. The molecule has 5 heteroatoms. The van der Waals surface area contributed by atoms with Gasteiger partial charge in [0.05, 0.1) is 10.7 Å². The van der Waals surface area contributed by atoms with Crippen LogP contribution in [0.15, 0.2) is 24.3 Å². The van der Waals surface area contributed by atoms with E-state index in [1.54, 1.807) is 11.3 Å². The lowest BCUT2D eigenvalue weighted by molar-refractivity contribution is 0.0954. The Morgan fingerprint density at radius 2 is 2.08 bits per heavy atom. The van der Waals surface area contributed by atoms with Crippen molar-refractivity contribution >= 4 is 17.2 Å². The van der Waals surface area contributed by atoms with Crippen LogP contribution < -0.4 is 5.32 Å². The highest BCUT2D eigenvalue weighted by Crippen LogP contribution is 2.21. The van der Waals surface area contributed by atoms with E-state index in [4.69, 9.17) is 0 Å². The molecule has 140 valence electrons. The maximum Gasteiger partial charge on any atom is 0.263 e. The summed E-state index contributed by atoms with van der Waals surface area (Å²) >= 11 is 1.54. The number of hydrogen-bond acceptors (Lipinski definition) is 4. The SMILES string of the molecule is Cc1nc(CC(C)C)sc1C(=O)NCCCN1CCc2ccccc2C1.